The third-order valence-corrected chi connectivity index (χ3v) is 3.77. The fourth-order valence-electron chi connectivity index (χ4n) is 1.92. The summed E-state index contributed by atoms with van der Waals surface area (Å²) in [5, 5.41) is 5.17. The predicted molar refractivity (Wildman–Crippen MR) is 86.4 cm³/mol. The second-order valence-corrected chi connectivity index (χ2v) is 5.33. The Bertz CT molecular complexity index is 633. The molecule has 20 heavy (non-hydrogen) atoms. The van der Waals surface area contributed by atoms with Gasteiger partial charge in [0.05, 0.1) is 12.3 Å². The van der Waals surface area contributed by atoms with Crippen LogP contribution in [0.25, 0.3) is 0 Å². The second kappa shape index (κ2) is 6.58. The molecule has 2 rings (SSSR count). The molecule has 2 aromatic carbocycles. The van der Waals surface area contributed by atoms with E-state index in [0.717, 1.165) is 21.9 Å². The average molecular weight is 287 g/mol. The van der Waals surface area contributed by atoms with Crippen molar-refractivity contribution in [2.45, 2.75) is 27.3 Å². The molecule has 3 heteroatoms. The van der Waals surface area contributed by atoms with Crippen molar-refractivity contribution >= 4 is 17.3 Å². The molecule has 0 radical (unpaired) electrons. The van der Waals surface area contributed by atoms with Crippen LogP contribution in [0.5, 0.6) is 0 Å². The predicted octanol–water partition coefficient (Wildman–Crippen LogP) is 4.47. The SMILES string of the molecule is C/C(=N/NCc1ccccc1Cl)c1ccc(C)c(C)c1. The van der Waals surface area contributed by atoms with Crippen LogP contribution in [0, 0.1) is 13.8 Å². The van der Waals surface area contributed by atoms with Gasteiger partial charge in [0, 0.05) is 5.02 Å². The molecule has 2 nitrogen and oxygen atoms in total. The minimum atomic E-state index is 0.627. The molecule has 0 amide bonds. The molecule has 0 saturated carbocycles. The highest BCUT2D eigenvalue weighted by Gasteiger charge is 2.01. The molecular formula is C17H19ClN2. The van der Waals surface area contributed by atoms with Crippen LogP contribution in [0.3, 0.4) is 0 Å². The summed E-state index contributed by atoms with van der Waals surface area (Å²) in [6.07, 6.45) is 0. The highest BCUT2D eigenvalue weighted by molar-refractivity contribution is 6.31. The molecule has 0 aliphatic heterocycles. The van der Waals surface area contributed by atoms with Gasteiger partial charge in [0.25, 0.3) is 0 Å². The molecule has 1 N–H and O–H groups in total. The third-order valence-electron chi connectivity index (χ3n) is 3.40. The van der Waals surface area contributed by atoms with E-state index in [0.29, 0.717) is 6.54 Å². The van der Waals surface area contributed by atoms with Gasteiger partial charge >= 0.3 is 0 Å². The first-order valence-electron chi connectivity index (χ1n) is 6.66. The van der Waals surface area contributed by atoms with E-state index in [9.17, 15) is 0 Å². The molecule has 0 heterocycles. The molecule has 0 aliphatic rings. The second-order valence-electron chi connectivity index (χ2n) is 4.92. The molecule has 0 bridgehead atoms. The third kappa shape index (κ3) is 3.61. The zero-order valence-electron chi connectivity index (χ0n) is 12.1. The molecule has 0 aromatic heterocycles. The lowest BCUT2D eigenvalue weighted by molar-refractivity contribution is 0.744. The first kappa shape index (κ1) is 14.6. The Morgan fingerprint density at radius 1 is 1.10 bits per heavy atom. The number of nitrogens with zero attached hydrogens (tertiary/aromatic N) is 1. The number of hydrogen-bond donors (Lipinski definition) is 1. The lowest BCUT2D eigenvalue weighted by Gasteiger charge is -2.07. The summed E-state index contributed by atoms with van der Waals surface area (Å²) < 4.78 is 0. The van der Waals surface area contributed by atoms with Crippen molar-refractivity contribution in [1.82, 2.24) is 5.43 Å². The maximum absolute atomic E-state index is 6.11. The molecule has 0 unspecified atom stereocenters. The summed E-state index contributed by atoms with van der Waals surface area (Å²) in [5.41, 5.74) is 8.81. The molecule has 0 spiro atoms. The fraction of sp³-hybridized carbons (Fsp3) is 0.235. The Labute approximate surface area is 125 Å². The Kier molecular flexibility index (Phi) is 4.80. The zero-order chi connectivity index (χ0) is 14.5. The highest BCUT2D eigenvalue weighted by atomic mass is 35.5. The van der Waals surface area contributed by atoms with Crippen LogP contribution in [-0.4, -0.2) is 5.71 Å². The quantitative estimate of drug-likeness (QED) is 0.651. The van der Waals surface area contributed by atoms with Gasteiger partial charge in [0.15, 0.2) is 0 Å². The van der Waals surface area contributed by atoms with E-state index in [4.69, 9.17) is 11.6 Å². The van der Waals surface area contributed by atoms with Gasteiger partial charge in [-0.05, 0) is 55.2 Å². The van der Waals surface area contributed by atoms with Gasteiger partial charge in [0.2, 0.25) is 0 Å². The van der Waals surface area contributed by atoms with Crippen molar-refractivity contribution in [1.29, 1.82) is 0 Å². The number of hydrogen-bond acceptors (Lipinski definition) is 2. The fourth-order valence-corrected chi connectivity index (χ4v) is 2.12. The first-order valence-corrected chi connectivity index (χ1v) is 7.04. The van der Waals surface area contributed by atoms with Crippen molar-refractivity contribution in [2.24, 2.45) is 5.10 Å². The van der Waals surface area contributed by atoms with E-state index in [1.807, 2.05) is 31.2 Å². The smallest absolute Gasteiger partial charge is 0.0644 e. The largest absolute Gasteiger partial charge is 0.305 e. The summed E-state index contributed by atoms with van der Waals surface area (Å²) in [5.74, 6) is 0. The number of benzene rings is 2. The van der Waals surface area contributed by atoms with Crippen LogP contribution in [0.1, 0.15) is 29.2 Å². The highest BCUT2D eigenvalue weighted by Crippen LogP contribution is 2.14. The van der Waals surface area contributed by atoms with Crippen LogP contribution >= 0.6 is 11.6 Å². The van der Waals surface area contributed by atoms with Gasteiger partial charge < -0.3 is 5.43 Å². The first-order chi connectivity index (χ1) is 9.58. The van der Waals surface area contributed by atoms with E-state index in [1.165, 1.54) is 11.1 Å². The average Bonchev–Trinajstić information content (AvgIpc) is 2.44. The van der Waals surface area contributed by atoms with E-state index in [2.05, 4.69) is 42.6 Å². The van der Waals surface area contributed by atoms with Gasteiger partial charge in [-0.2, -0.15) is 5.10 Å². The van der Waals surface area contributed by atoms with Gasteiger partial charge in [-0.3, -0.25) is 0 Å². The normalized spacial score (nSPS) is 11.5. The van der Waals surface area contributed by atoms with Gasteiger partial charge in [-0.15, -0.1) is 0 Å². The lowest BCUT2D eigenvalue weighted by atomic mass is 10.0. The van der Waals surface area contributed by atoms with E-state index in [-0.39, 0.29) is 0 Å². The van der Waals surface area contributed by atoms with Crippen molar-refractivity contribution in [3.05, 3.63) is 69.7 Å². The van der Waals surface area contributed by atoms with Crippen LogP contribution in [0.2, 0.25) is 5.02 Å². The lowest BCUT2D eigenvalue weighted by Crippen LogP contribution is -2.09. The van der Waals surface area contributed by atoms with Crippen LogP contribution in [-0.2, 0) is 6.54 Å². The van der Waals surface area contributed by atoms with Crippen LogP contribution in [0.15, 0.2) is 47.6 Å². The molecule has 2 aromatic rings. The molecule has 104 valence electrons. The van der Waals surface area contributed by atoms with Crippen molar-refractivity contribution in [2.75, 3.05) is 0 Å². The Morgan fingerprint density at radius 3 is 2.55 bits per heavy atom. The Balaban J connectivity index is 2.04. The number of aryl methyl sites for hydroxylation is 2. The van der Waals surface area contributed by atoms with Gasteiger partial charge in [0.1, 0.15) is 0 Å². The summed E-state index contributed by atoms with van der Waals surface area (Å²) in [4.78, 5) is 0. The van der Waals surface area contributed by atoms with Crippen LogP contribution < -0.4 is 5.43 Å². The Hall–Kier alpha value is -1.80. The molecule has 0 aliphatic carbocycles. The molecule has 0 atom stereocenters. The van der Waals surface area contributed by atoms with E-state index in [1.54, 1.807) is 0 Å². The summed E-state index contributed by atoms with van der Waals surface area (Å²) in [7, 11) is 0. The molecular weight excluding hydrogens is 268 g/mol. The summed E-state index contributed by atoms with van der Waals surface area (Å²) in [6.45, 7) is 6.86. The number of halogens is 1. The molecule has 0 saturated heterocycles. The maximum Gasteiger partial charge on any atom is 0.0644 e. The van der Waals surface area contributed by atoms with Crippen molar-refractivity contribution in [3.63, 3.8) is 0 Å². The van der Waals surface area contributed by atoms with Gasteiger partial charge in [-0.25, -0.2) is 0 Å². The Morgan fingerprint density at radius 2 is 1.85 bits per heavy atom. The minimum absolute atomic E-state index is 0.627. The standard InChI is InChI=1S/C17H19ClN2/c1-12-8-9-15(10-13(12)2)14(3)20-19-11-16-6-4-5-7-17(16)18/h4-10,19H,11H2,1-3H3/b20-14-. The maximum atomic E-state index is 6.11. The molecule has 0 fully saturated rings. The number of hydrazone groups is 1. The summed E-state index contributed by atoms with van der Waals surface area (Å²) >= 11 is 6.11. The minimum Gasteiger partial charge on any atom is -0.305 e. The number of rotatable bonds is 4. The zero-order valence-corrected chi connectivity index (χ0v) is 12.8. The summed E-state index contributed by atoms with van der Waals surface area (Å²) in [6, 6.07) is 14.2. The topological polar surface area (TPSA) is 24.4 Å². The monoisotopic (exact) mass is 286 g/mol. The van der Waals surface area contributed by atoms with Gasteiger partial charge in [-0.1, -0.05) is 41.9 Å². The van der Waals surface area contributed by atoms with Crippen molar-refractivity contribution < 1.29 is 0 Å². The van der Waals surface area contributed by atoms with E-state index >= 15 is 0 Å². The van der Waals surface area contributed by atoms with Crippen LogP contribution in [0.4, 0.5) is 0 Å². The van der Waals surface area contributed by atoms with E-state index < -0.39 is 0 Å². The van der Waals surface area contributed by atoms with Crippen molar-refractivity contribution in [3.8, 4) is 0 Å². The number of nitrogens with one attached hydrogen (secondary N) is 1.